The average molecular weight is 184 g/mol. The number of nitrogens with two attached hydrogens (primary N) is 2. The molecule has 0 aliphatic rings. The zero-order valence-corrected chi connectivity index (χ0v) is 7.14. The molecule has 0 heterocycles. The van der Waals surface area contributed by atoms with Gasteiger partial charge in [0, 0.05) is 0 Å². The lowest BCUT2D eigenvalue weighted by molar-refractivity contribution is -0.138. The Hall–Kier alpha value is -0.320. The molecule has 0 aromatic rings. The van der Waals surface area contributed by atoms with Crippen molar-refractivity contribution in [1.29, 1.82) is 0 Å². The van der Waals surface area contributed by atoms with E-state index >= 15 is 0 Å². The normalized spacial score (nSPS) is 11.8. The van der Waals surface area contributed by atoms with Crippen LogP contribution in [0.4, 0.5) is 0 Å². The van der Waals surface area contributed by atoms with E-state index in [1.807, 2.05) is 0 Å². The minimum Gasteiger partial charge on any atom is -0.480 e. The van der Waals surface area contributed by atoms with Crippen LogP contribution in [0, 0.1) is 0 Å². The number of aliphatic carboxylic acids is 1. The van der Waals surface area contributed by atoms with Gasteiger partial charge in [-0.15, -0.1) is 12.4 Å². The van der Waals surface area contributed by atoms with Crippen molar-refractivity contribution in [2.24, 2.45) is 11.5 Å². The van der Waals surface area contributed by atoms with E-state index < -0.39 is 12.0 Å². The smallest absolute Gasteiger partial charge is 0.320 e. The Morgan fingerprint density at radius 1 is 1.45 bits per heavy atom. The molecule has 0 bridgehead atoms. The maximum atomic E-state index is 10.1. The summed E-state index contributed by atoms with van der Waals surface area (Å²) in [5.74, 6) is -0.933. The molecule has 1 atom stereocenters. The van der Waals surface area contributed by atoms with Gasteiger partial charge in [-0.2, -0.15) is 0 Å². The molecule has 68 valence electrons. The summed E-state index contributed by atoms with van der Waals surface area (Å²) < 4.78 is 0. The fraction of sp³-hybridized carbons (Fsp3) is 0.833. The summed E-state index contributed by atoms with van der Waals surface area (Å²) in [4.78, 5) is 10.1. The van der Waals surface area contributed by atoms with Gasteiger partial charge in [-0.25, -0.2) is 0 Å². The Balaban J connectivity index is 0. The van der Waals surface area contributed by atoms with Gasteiger partial charge in [-0.3, -0.25) is 4.79 Å². The highest BCUT2D eigenvalue weighted by Crippen LogP contribution is 1.96. The van der Waals surface area contributed by atoms with Crippen LogP contribution in [-0.4, -0.2) is 23.7 Å². The van der Waals surface area contributed by atoms with E-state index in [-0.39, 0.29) is 12.4 Å². The van der Waals surface area contributed by atoms with E-state index in [4.69, 9.17) is 16.6 Å². The molecule has 5 heteroatoms. The molecular formula is C6H15ClN2O2. The summed E-state index contributed by atoms with van der Waals surface area (Å²) in [7, 11) is 0. The number of hydrogen-bond donors (Lipinski definition) is 3. The van der Waals surface area contributed by atoms with Crippen molar-refractivity contribution >= 4 is 18.4 Å². The second-order valence-corrected chi connectivity index (χ2v) is 2.23. The Kier molecular flexibility index (Phi) is 9.40. The van der Waals surface area contributed by atoms with Crippen molar-refractivity contribution in [3.8, 4) is 0 Å². The van der Waals surface area contributed by atoms with E-state index in [2.05, 4.69) is 0 Å². The average Bonchev–Trinajstić information content (AvgIpc) is 1.88. The molecule has 0 amide bonds. The molecule has 0 aliphatic heterocycles. The molecule has 0 rings (SSSR count). The minimum atomic E-state index is -0.933. The van der Waals surface area contributed by atoms with Crippen molar-refractivity contribution in [3.63, 3.8) is 0 Å². The first-order chi connectivity index (χ1) is 4.68. The number of carboxylic acids is 1. The molecule has 5 N–H and O–H groups in total. The molecule has 0 unspecified atom stereocenters. The van der Waals surface area contributed by atoms with E-state index in [1.165, 1.54) is 0 Å². The van der Waals surface area contributed by atoms with Crippen molar-refractivity contribution < 1.29 is 9.90 Å². The van der Waals surface area contributed by atoms with Crippen molar-refractivity contribution in [3.05, 3.63) is 0 Å². The quantitative estimate of drug-likeness (QED) is 0.412. The largest absolute Gasteiger partial charge is 0.480 e. The third-order valence-electron chi connectivity index (χ3n) is 1.29. The fourth-order valence-electron chi connectivity index (χ4n) is 0.632. The van der Waals surface area contributed by atoms with Crippen LogP contribution in [0.5, 0.6) is 0 Å². The number of hydrogen-bond acceptors (Lipinski definition) is 3. The van der Waals surface area contributed by atoms with Crippen LogP contribution in [0.25, 0.3) is 0 Å². The molecule has 0 spiro atoms. The molecule has 0 aliphatic carbocycles. The van der Waals surface area contributed by atoms with Gasteiger partial charge >= 0.3 is 5.97 Å². The standard InChI is InChI=1S/C6H14N2O2.ClH/c7-4-2-1-3-5(8)6(9)10;/h5H,1-4,7-8H2,(H,9,10);1H/t5-;/m0./s1/i7+1;. The highest BCUT2D eigenvalue weighted by atomic mass is 35.5. The van der Waals surface area contributed by atoms with Gasteiger partial charge in [0.1, 0.15) is 6.04 Å². The van der Waals surface area contributed by atoms with Crippen molar-refractivity contribution in [2.45, 2.75) is 25.3 Å². The van der Waals surface area contributed by atoms with Crippen LogP contribution in [0.1, 0.15) is 19.3 Å². The van der Waals surface area contributed by atoms with E-state index in [1.54, 1.807) is 0 Å². The first-order valence-corrected chi connectivity index (χ1v) is 3.37. The first-order valence-electron chi connectivity index (χ1n) is 3.37. The van der Waals surface area contributed by atoms with Gasteiger partial charge in [0.05, 0.1) is 0 Å². The van der Waals surface area contributed by atoms with Crippen LogP contribution in [0.2, 0.25) is 0 Å². The SMILES string of the molecule is Cl.N[C@@H](CCCC[15NH2])C(=O)O. The number of carbonyl (C=O) groups is 1. The predicted molar refractivity (Wildman–Crippen MR) is 45.8 cm³/mol. The fourth-order valence-corrected chi connectivity index (χ4v) is 0.632. The lowest BCUT2D eigenvalue weighted by Gasteiger charge is -2.03. The van der Waals surface area contributed by atoms with Crippen LogP contribution >= 0.6 is 12.4 Å². The highest BCUT2D eigenvalue weighted by Gasteiger charge is 2.09. The zero-order chi connectivity index (χ0) is 7.98. The Morgan fingerprint density at radius 3 is 2.36 bits per heavy atom. The Morgan fingerprint density at radius 2 is 2.00 bits per heavy atom. The maximum absolute atomic E-state index is 10.1. The lowest BCUT2D eigenvalue weighted by Crippen LogP contribution is -2.29. The molecule has 0 fully saturated rings. The predicted octanol–water partition coefficient (Wildman–Crippen LogP) is -0.0509. The molecule has 0 saturated carbocycles. The third-order valence-corrected chi connectivity index (χ3v) is 1.29. The molecule has 0 radical (unpaired) electrons. The summed E-state index contributed by atoms with van der Waals surface area (Å²) in [6.45, 7) is 0.604. The monoisotopic (exact) mass is 183 g/mol. The van der Waals surface area contributed by atoms with Gasteiger partial charge < -0.3 is 16.6 Å². The minimum absolute atomic E-state index is 0. The molecule has 11 heavy (non-hydrogen) atoms. The van der Waals surface area contributed by atoms with Crippen LogP contribution in [0.15, 0.2) is 0 Å². The lowest BCUT2D eigenvalue weighted by atomic mass is 10.1. The third kappa shape index (κ3) is 7.58. The van der Waals surface area contributed by atoms with E-state index in [9.17, 15) is 4.79 Å². The van der Waals surface area contributed by atoms with Gasteiger partial charge in [0.25, 0.3) is 0 Å². The number of halogens is 1. The number of carboxylic acid groups (broad SMARTS) is 1. The van der Waals surface area contributed by atoms with E-state index in [0.29, 0.717) is 13.0 Å². The van der Waals surface area contributed by atoms with Gasteiger partial charge in [-0.05, 0) is 19.4 Å². The van der Waals surface area contributed by atoms with Gasteiger partial charge in [0.2, 0.25) is 0 Å². The molecule has 4 nitrogen and oxygen atoms in total. The van der Waals surface area contributed by atoms with Gasteiger partial charge in [-0.1, -0.05) is 6.42 Å². The summed E-state index contributed by atoms with van der Waals surface area (Å²) >= 11 is 0. The van der Waals surface area contributed by atoms with Crippen LogP contribution in [0.3, 0.4) is 0 Å². The summed E-state index contributed by atoms with van der Waals surface area (Å²) in [6, 6.07) is -0.716. The van der Waals surface area contributed by atoms with Crippen LogP contribution < -0.4 is 11.5 Å². The number of unbranched alkanes of at least 4 members (excludes halogenated alkanes) is 1. The topological polar surface area (TPSA) is 89.3 Å². The first kappa shape index (κ1) is 13.3. The maximum Gasteiger partial charge on any atom is 0.320 e. The van der Waals surface area contributed by atoms with Crippen LogP contribution in [-0.2, 0) is 4.79 Å². The van der Waals surface area contributed by atoms with E-state index in [0.717, 1.165) is 12.8 Å². The Labute approximate surface area is 72.4 Å². The second kappa shape index (κ2) is 7.78. The van der Waals surface area contributed by atoms with Gasteiger partial charge in [0.15, 0.2) is 0 Å². The number of rotatable bonds is 5. The summed E-state index contributed by atoms with van der Waals surface area (Å²) in [5, 5.41) is 8.33. The summed E-state index contributed by atoms with van der Waals surface area (Å²) in [5.41, 5.74) is 10.4. The molecule has 0 saturated heterocycles. The molecular weight excluding hydrogens is 169 g/mol. The second-order valence-electron chi connectivity index (χ2n) is 2.23. The molecule has 0 aromatic carbocycles. The Bertz CT molecular complexity index is 111. The molecule has 0 aromatic heterocycles. The summed E-state index contributed by atoms with van der Waals surface area (Å²) in [6.07, 6.45) is 2.16. The van der Waals surface area contributed by atoms with Crippen molar-refractivity contribution in [2.75, 3.05) is 6.54 Å². The highest BCUT2D eigenvalue weighted by molar-refractivity contribution is 5.85. The zero-order valence-electron chi connectivity index (χ0n) is 6.32. The van der Waals surface area contributed by atoms with Crippen molar-refractivity contribution in [1.82, 2.24) is 0 Å².